The Kier molecular flexibility index (Phi) is 9.09. The summed E-state index contributed by atoms with van der Waals surface area (Å²) in [5.41, 5.74) is 11.7. The second-order valence-electron chi connectivity index (χ2n) is 19.7. The maximum absolute atomic E-state index is 2.63. The van der Waals surface area contributed by atoms with Crippen molar-refractivity contribution in [2.24, 2.45) is 0 Å². The third-order valence-electron chi connectivity index (χ3n) is 11.3. The lowest BCUT2D eigenvalue weighted by Crippen LogP contribution is -2.45. The molecular formula is C44H60Si5. The van der Waals surface area contributed by atoms with Crippen molar-refractivity contribution in [3.63, 3.8) is 0 Å². The van der Waals surface area contributed by atoms with E-state index >= 15 is 0 Å². The van der Waals surface area contributed by atoms with Crippen LogP contribution >= 0.6 is 0 Å². The molecule has 0 amide bonds. The molecule has 2 aliphatic rings. The van der Waals surface area contributed by atoms with E-state index in [1.807, 2.05) is 0 Å². The fourth-order valence-corrected chi connectivity index (χ4v) is 15.2. The Bertz CT molecular complexity index is 1800. The van der Waals surface area contributed by atoms with E-state index in [-0.39, 0.29) is 0 Å². The molecule has 0 radical (unpaired) electrons. The van der Waals surface area contributed by atoms with Crippen LogP contribution in [0.25, 0.3) is 34.4 Å². The number of hydrogen-bond donors (Lipinski definition) is 0. The molecular weight excluding hydrogens is 669 g/mol. The highest BCUT2D eigenvalue weighted by atomic mass is 28.3. The molecule has 0 N–H and O–H groups in total. The van der Waals surface area contributed by atoms with Gasteiger partial charge in [-0.3, -0.25) is 0 Å². The van der Waals surface area contributed by atoms with Gasteiger partial charge in [-0.2, -0.15) is 0 Å². The van der Waals surface area contributed by atoms with Gasteiger partial charge >= 0.3 is 0 Å². The summed E-state index contributed by atoms with van der Waals surface area (Å²) in [5, 5.41) is 9.74. The molecule has 0 nitrogen and oxygen atoms in total. The zero-order valence-electron chi connectivity index (χ0n) is 33.0. The first-order valence-corrected chi connectivity index (χ1v) is 35.5. The van der Waals surface area contributed by atoms with Gasteiger partial charge < -0.3 is 0 Å². The summed E-state index contributed by atoms with van der Waals surface area (Å²) < 4.78 is 0. The first-order valence-electron chi connectivity index (χ1n) is 18.5. The first kappa shape index (κ1) is 36.2. The molecule has 0 fully saturated rings. The summed E-state index contributed by atoms with van der Waals surface area (Å²) in [6.07, 6.45) is 7.45. The average Bonchev–Trinajstić information content (AvgIpc) is 3.65. The van der Waals surface area contributed by atoms with Crippen LogP contribution in [-0.2, 0) is 12.8 Å². The number of rotatable bonds is 8. The highest BCUT2D eigenvalue weighted by Crippen LogP contribution is 2.43. The van der Waals surface area contributed by atoms with E-state index in [9.17, 15) is 0 Å². The van der Waals surface area contributed by atoms with Crippen molar-refractivity contribution in [2.45, 2.75) is 104 Å². The Morgan fingerprint density at radius 3 is 0.980 bits per heavy atom. The van der Waals surface area contributed by atoms with Crippen molar-refractivity contribution in [1.29, 1.82) is 0 Å². The van der Waals surface area contributed by atoms with E-state index < -0.39 is 40.4 Å². The van der Waals surface area contributed by atoms with Crippen LogP contribution in [0.3, 0.4) is 0 Å². The maximum atomic E-state index is 2.63. The van der Waals surface area contributed by atoms with E-state index in [0.717, 1.165) is 12.8 Å². The van der Waals surface area contributed by atoms with Gasteiger partial charge in [-0.05, 0) is 57.3 Å². The molecule has 4 aromatic rings. The molecule has 0 bridgehead atoms. The van der Waals surface area contributed by atoms with Gasteiger partial charge in [0.2, 0.25) is 0 Å². The maximum Gasteiger partial charge on any atom is 0.103 e. The van der Waals surface area contributed by atoms with E-state index in [0.29, 0.717) is 0 Å². The van der Waals surface area contributed by atoms with Crippen molar-refractivity contribution in [2.75, 3.05) is 0 Å². The van der Waals surface area contributed by atoms with Crippen LogP contribution in [0.4, 0.5) is 0 Å². The second kappa shape index (κ2) is 12.3. The Labute approximate surface area is 303 Å². The van der Waals surface area contributed by atoms with Crippen LogP contribution in [0.5, 0.6) is 0 Å². The van der Waals surface area contributed by atoms with Crippen LogP contribution < -0.4 is 20.7 Å². The molecule has 5 heteroatoms. The molecule has 6 rings (SSSR count). The standard InChI is InChI=1S/C44H60Si5/c1-45(2,3)35-23-33(24-36(27-35)46(4,5)6)41-19-15-17-31-21-39(29-43(31)41)49(13,14)40-22-32-18-16-20-42(44(32)30-40)34-25-37(47(7,8)9)28-38(26-34)48(10,11)12/h15-20,23-30H,21-22H2,1-14H3. The number of allylic oxidation sites excluding steroid dienone is 2. The summed E-state index contributed by atoms with van der Waals surface area (Å²) in [7, 11) is -7.78. The quantitative estimate of drug-likeness (QED) is 0.159. The highest BCUT2D eigenvalue weighted by Gasteiger charge is 2.37. The number of benzene rings is 4. The van der Waals surface area contributed by atoms with Crippen molar-refractivity contribution in [3.05, 3.63) is 105 Å². The third-order valence-corrected chi connectivity index (χ3v) is 23.3. The van der Waals surface area contributed by atoms with E-state index in [2.05, 4.69) is 177 Å². The Morgan fingerprint density at radius 1 is 0.388 bits per heavy atom. The van der Waals surface area contributed by atoms with Crippen LogP contribution in [0.1, 0.15) is 22.3 Å². The Balaban J connectivity index is 1.41. The lowest BCUT2D eigenvalue weighted by Gasteiger charge is -2.26. The largest absolute Gasteiger partial charge is 0.103 e. The highest BCUT2D eigenvalue weighted by molar-refractivity contribution is 6.93. The summed E-state index contributed by atoms with van der Waals surface area (Å²) in [4.78, 5) is 0. The molecule has 0 aliphatic heterocycles. The van der Waals surface area contributed by atoms with Gasteiger partial charge in [-0.25, -0.2) is 0 Å². The topological polar surface area (TPSA) is 0 Å². The summed E-state index contributed by atoms with van der Waals surface area (Å²) in [5.74, 6) is 0. The predicted molar refractivity (Wildman–Crippen MR) is 237 cm³/mol. The third kappa shape index (κ3) is 7.16. The molecule has 0 saturated heterocycles. The van der Waals surface area contributed by atoms with Crippen molar-refractivity contribution in [1.82, 2.24) is 0 Å². The van der Waals surface area contributed by atoms with Crippen molar-refractivity contribution < 1.29 is 0 Å². The molecule has 0 spiro atoms. The summed E-state index contributed by atoms with van der Waals surface area (Å²) in [6, 6.07) is 29.5. The lowest BCUT2D eigenvalue weighted by atomic mass is 9.97. The van der Waals surface area contributed by atoms with Crippen LogP contribution in [0, 0.1) is 0 Å². The van der Waals surface area contributed by atoms with Gasteiger partial charge in [0.05, 0.1) is 32.3 Å². The minimum absolute atomic E-state index is 1.09. The second-order valence-corrected chi connectivity index (χ2v) is 44.5. The fraction of sp³-hybridized carbons (Fsp3) is 0.364. The molecule has 0 unspecified atom stereocenters. The van der Waals surface area contributed by atoms with Gasteiger partial charge in [0.1, 0.15) is 8.07 Å². The Morgan fingerprint density at radius 2 is 0.694 bits per heavy atom. The minimum atomic E-state index is -1.89. The average molecular weight is 729 g/mol. The molecule has 0 atom stereocenters. The van der Waals surface area contributed by atoms with Crippen LogP contribution in [0.2, 0.25) is 91.7 Å². The van der Waals surface area contributed by atoms with E-state index in [4.69, 9.17) is 0 Å². The van der Waals surface area contributed by atoms with Crippen molar-refractivity contribution in [3.8, 4) is 22.3 Å². The number of fused-ring (bicyclic) bond motifs is 2. The van der Waals surface area contributed by atoms with Crippen LogP contribution in [-0.4, -0.2) is 40.4 Å². The van der Waals surface area contributed by atoms with Gasteiger partial charge in [0, 0.05) is 0 Å². The normalized spacial score (nSPS) is 15.2. The first-order chi connectivity index (χ1) is 22.5. The molecule has 2 aliphatic carbocycles. The molecule has 256 valence electrons. The minimum Gasteiger partial charge on any atom is -0.0714 e. The molecule has 0 saturated carbocycles. The zero-order valence-corrected chi connectivity index (χ0v) is 38.0. The molecule has 0 aromatic heterocycles. The van der Waals surface area contributed by atoms with Crippen LogP contribution in [0.15, 0.2) is 83.2 Å². The van der Waals surface area contributed by atoms with E-state index in [1.54, 1.807) is 31.1 Å². The van der Waals surface area contributed by atoms with Gasteiger partial charge in [0.15, 0.2) is 0 Å². The molecule has 4 aromatic carbocycles. The number of hydrogen-bond acceptors (Lipinski definition) is 0. The zero-order chi connectivity index (χ0) is 35.9. The lowest BCUT2D eigenvalue weighted by molar-refractivity contribution is 1.22. The summed E-state index contributed by atoms with van der Waals surface area (Å²) in [6.45, 7) is 35.2. The molecule has 0 heterocycles. The SMILES string of the molecule is C[Si](C)(C1=Cc2c(cccc2-c2cc([Si](C)(C)C)cc([Si](C)(C)C)c2)C1)C1=Cc2c(cccc2-c2cc([Si](C)(C)C)cc([Si](C)(C)C)c2)C1. The Hall–Kier alpha value is -2.56. The summed E-state index contributed by atoms with van der Waals surface area (Å²) >= 11 is 0. The van der Waals surface area contributed by atoms with Crippen molar-refractivity contribution >= 4 is 73.3 Å². The fourth-order valence-electron chi connectivity index (χ4n) is 7.55. The van der Waals surface area contributed by atoms with Gasteiger partial charge in [-0.15, -0.1) is 0 Å². The predicted octanol–water partition coefficient (Wildman–Crippen LogP) is 10.6. The van der Waals surface area contributed by atoms with E-state index in [1.165, 1.54) is 44.5 Å². The molecule has 49 heavy (non-hydrogen) atoms. The monoisotopic (exact) mass is 728 g/mol. The smallest absolute Gasteiger partial charge is 0.0714 e. The van der Waals surface area contributed by atoms with Gasteiger partial charge in [-0.1, -0.05) is 208 Å². The van der Waals surface area contributed by atoms with Gasteiger partial charge in [0.25, 0.3) is 0 Å².